The van der Waals surface area contributed by atoms with E-state index in [1.54, 1.807) is 0 Å². The van der Waals surface area contributed by atoms with Crippen LogP contribution in [-0.2, 0) is 0 Å². The van der Waals surface area contributed by atoms with Gasteiger partial charge in [-0.1, -0.05) is 84.9 Å². The van der Waals surface area contributed by atoms with Gasteiger partial charge in [-0.05, 0) is 59.7 Å². The van der Waals surface area contributed by atoms with Crippen molar-refractivity contribution >= 4 is 58.8 Å². The average molecular weight is 505 g/mol. The monoisotopic (exact) mass is 504 g/mol. The van der Waals surface area contributed by atoms with Crippen LogP contribution in [0.3, 0.4) is 0 Å². The van der Waals surface area contributed by atoms with E-state index in [4.69, 9.17) is 4.98 Å². The van der Waals surface area contributed by atoms with Crippen molar-refractivity contribution in [2.75, 3.05) is 0 Å². The largest absolute Gasteiger partial charge is 0.292 e. The van der Waals surface area contributed by atoms with Gasteiger partial charge in [0.2, 0.25) is 0 Å². The van der Waals surface area contributed by atoms with Gasteiger partial charge in [-0.25, -0.2) is 4.98 Å². The SMILES string of the molecule is Cc1cc(-c2cnc3c4ccccc4c4ccccc4n23)c(C)cc1-c1cccc2c1sc1ccccc12. The van der Waals surface area contributed by atoms with Crippen LogP contribution in [0.2, 0.25) is 0 Å². The quantitative estimate of drug-likeness (QED) is 0.214. The Labute approximate surface area is 224 Å². The van der Waals surface area contributed by atoms with Gasteiger partial charge in [0, 0.05) is 36.5 Å². The van der Waals surface area contributed by atoms with E-state index < -0.39 is 0 Å². The first-order valence-electron chi connectivity index (χ1n) is 13.0. The molecule has 0 saturated carbocycles. The van der Waals surface area contributed by atoms with Crippen LogP contribution in [-0.4, -0.2) is 9.38 Å². The third-order valence-electron chi connectivity index (χ3n) is 7.91. The van der Waals surface area contributed by atoms with Crippen molar-refractivity contribution in [2.45, 2.75) is 13.8 Å². The number of benzene rings is 5. The third kappa shape index (κ3) is 2.97. The van der Waals surface area contributed by atoms with Crippen molar-refractivity contribution in [2.24, 2.45) is 0 Å². The summed E-state index contributed by atoms with van der Waals surface area (Å²) in [6.45, 7) is 4.47. The molecule has 3 heterocycles. The topological polar surface area (TPSA) is 17.3 Å². The Bertz CT molecular complexity index is 2210. The van der Waals surface area contributed by atoms with Crippen LogP contribution in [0.1, 0.15) is 11.1 Å². The highest BCUT2D eigenvalue weighted by atomic mass is 32.1. The van der Waals surface area contributed by atoms with Crippen LogP contribution in [0.4, 0.5) is 0 Å². The molecule has 0 amide bonds. The lowest BCUT2D eigenvalue weighted by molar-refractivity contribution is 1.26. The second-order valence-electron chi connectivity index (χ2n) is 10.1. The van der Waals surface area contributed by atoms with Crippen molar-refractivity contribution < 1.29 is 0 Å². The van der Waals surface area contributed by atoms with Gasteiger partial charge in [-0.3, -0.25) is 4.40 Å². The number of thiophene rings is 1. The number of pyridine rings is 1. The van der Waals surface area contributed by atoms with E-state index in [-0.39, 0.29) is 0 Å². The minimum atomic E-state index is 1.01. The fourth-order valence-electron chi connectivity index (χ4n) is 6.13. The molecule has 38 heavy (non-hydrogen) atoms. The van der Waals surface area contributed by atoms with Gasteiger partial charge in [0.15, 0.2) is 0 Å². The minimum Gasteiger partial charge on any atom is -0.292 e. The smallest absolute Gasteiger partial charge is 0.145 e. The van der Waals surface area contributed by atoms with E-state index in [0.717, 1.165) is 11.3 Å². The lowest BCUT2D eigenvalue weighted by atomic mass is 9.93. The number of aromatic nitrogens is 2. The average Bonchev–Trinajstić information content (AvgIpc) is 3.57. The highest BCUT2D eigenvalue weighted by molar-refractivity contribution is 7.26. The summed E-state index contributed by atoms with van der Waals surface area (Å²) in [5, 5.41) is 6.35. The van der Waals surface area contributed by atoms with Gasteiger partial charge < -0.3 is 0 Å². The number of para-hydroxylation sites is 1. The highest BCUT2D eigenvalue weighted by Crippen LogP contribution is 2.42. The standard InChI is InChI=1S/C35H24N2S/c1-21-19-30(22(2)18-29(21)27-15-9-14-26-25-12-6-8-17-33(25)38-34(26)27)32-20-36-35-28-13-4-3-10-23(28)24-11-5-7-16-31(24)37(32)35/h3-20H,1-2H3. The van der Waals surface area contributed by atoms with Crippen LogP contribution in [0.15, 0.2) is 109 Å². The summed E-state index contributed by atoms with van der Waals surface area (Å²) < 4.78 is 5.04. The zero-order chi connectivity index (χ0) is 25.4. The molecule has 0 saturated heterocycles. The van der Waals surface area contributed by atoms with E-state index in [0.29, 0.717) is 0 Å². The summed E-state index contributed by atoms with van der Waals surface area (Å²) in [5.74, 6) is 0. The van der Waals surface area contributed by atoms with Crippen LogP contribution in [0, 0.1) is 13.8 Å². The minimum absolute atomic E-state index is 1.01. The molecule has 0 aliphatic rings. The first-order valence-corrected chi connectivity index (χ1v) is 13.8. The number of aryl methyl sites for hydroxylation is 2. The summed E-state index contributed by atoms with van der Waals surface area (Å²) >= 11 is 1.89. The molecule has 0 atom stereocenters. The molecule has 0 fully saturated rings. The molecule has 8 aromatic rings. The Balaban J connectivity index is 1.38. The maximum Gasteiger partial charge on any atom is 0.145 e. The molecule has 3 aromatic heterocycles. The molecular formula is C35H24N2S. The van der Waals surface area contributed by atoms with Crippen molar-refractivity contribution in [3.05, 3.63) is 120 Å². The number of rotatable bonds is 2. The van der Waals surface area contributed by atoms with Crippen molar-refractivity contribution in [1.82, 2.24) is 9.38 Å². The number of hydrogen-bond donors (Lipinski definition) is 0. The Hall–Kier alpha value is -4.47. The van der Waals surface area contributed by atoms with E-state index in [1.807, 2.05) is 17.5 Å². The van der Waals surface area contributed by atoms with Gasteiger partial charge >= 0.3 is 0 Å². The van der Waals surface area contributed by atoms with Gasteiger partial charge in [0.1, 0.15) is 5.65 Å². The molecule has 0 bridgehead atoms. The van der Waals surface area contributed by atoms with E-state index >= 15 is 0 Å². The molecular weight excluding hydrogens is 480 g/mol. The van der Waals surface area contributed by atoms with E-state index in [9.17, 15) is 0 Å². The Kier molecular flexibility index (Phi) is 4.55. The Morgan fingerprint density at radius 1 is 0.579 bits per heavy atom. The zero-order valence-corrected chi connectivity index (χ0v) is 22.0. The highest BCUT2D eigenvalue weighted by Gasteiger charge is 2.18. The molecule has 8 rings (SSSR count). The molecule has 2 nitrogen and oxygen atoms in total. The van der Waals surface area contributed by atoms with E-state index in [1.165, 1.54) is 69.7 Å². The van der Waals surface area contributed by atoms with Crippen molar-refractivity contribution in [3.8, 4) is 22.4 Å². The summed E-state index contributed by atoms with van der Waals surface area (Å²) in [5.41, 5.74) is 9.68. The Morgan fingerprint density at radius 2 is 1.24 bits per heavy atom. The first-order chi connectivity index (χ1) is 18.7. The molecule has 0 aliphatic carbocycles. The molecule has 0 spiro atoms. The van der Waals surface area contributed by atoms with Gasteiger partial charge in [-0.15, -0.1) is 11.3 Å². The number of imidazole rings is 1. The third-order valence-corrected chi connectivity index (χ3v) is 9.13. The van der Waals surface area contributed by atoms with Crippen molar-refractivity contribution in [3.63, 3.8) is 0 Å². The number of fused-ring (bicyclic) bond motifs is 9. The molecule has 5 aromatic carbocycles. The Morgan fingerprint density at radius 3 is 2.11 bits per heavy atom. The molecule has 3 heteroatoms. The second-order valence-corrected chi connectivity index (χ2v) is 11.2. The van der Waals surface area contributed by atoms with Gasteiger partial charge in [0.25, 0.3) is 0 Å². The maximum absolute atomic E-state index is 4.95. The van der Waals surface area contributed by atoms with Crippen LogP contribution in [0.25, 0.3) is 69.9 Å². The predicted molar refractivity (Wildman–Crippen MR) is 163 cm³/mol. The maximum atomic E-state index is 4.95. The molecule has 0 radical (unpaired) electrons. The zero-order valence-electron chi connectivity index (χ0n) is 21.2. The predicted octanol–water partition coefficient (Wildman–Crippen LogP) is 9.96. The van der Waals surface area contributed by atoms with Crippen LogP contribution in [0.5, 0.6) is 0 Å². The van der Waals surface area contributed by atoms with E-state index in [2.05, 4.69) is 121 Å². The van der Waals surface area contributed by atoms with Crippen molar-refractivity contribution in [1.29, 1.82) is 0 Å². The lowest BCUT2D eigenvalue weighted by Gasteiger charge is -2.15. The summed E-state index contributed by atoms with van der Waals surface area (Å²) in [6, 6.07) is 37.4. The van der Waals surface area contributed by atoms with Crippen LogP contribution >= 0.6 is 11.3 Å². The normalized spacial score (nSPS) is 11.9. The summed E-state index contributed by atoms with van der Waals surface area (Å²) in [7, 11) is 0. The van der Waals surface area contributed by atoms with Gasteiger partial charge in [-0.2, -0.15) is 0 Å². The first kappa shape index (κ1) is 21.6. The number of hydrogen-bond acceptors (Lipinski definition) is 2. The molecule has 0 aliphatic heterocycles. The second kappa shape index (κ2) is 8.01. The van der Waals surface area contributed by atoms with Crippen LogP contribution < -0.4 is 0 Å². The summed E-state index contributed by atoms with van der Waals surface area (Å²) in [4.78, 5) is 4.95. The van der Waals surface area contributed by atoms with Gasteiger partial charge in [0.05, 0.1) is 17.4 Å². The molecule has 0 unspecified atom stereocenters. The molecule has 0 N–H and O–H groups in total. The lowest BCUT2D eigenvalue weighted by Crippen LogP contribution is -1.96. The fourth-order valence-corrected chi connectivity index (χ4v) is 7.36. The number of nitrogens with zero attached hydrogens (tertiary/aromatic N) is 2. The fraction of sp³-hybridized carbons (Fsp3) is 0.0571. The molecule has 180 valence electrons. The summed E-state index contributed by atoms with van der Waals surface area (Å²) in [6.07, 6.45) is 2.04.